The van der Waals surface area contributed by atoms with Crippen LogP contribution in [0.2, 0.25) is 0 Å². The average molecular weight is 419 g/mol. The third-order valence-corrected chi connectivity index (χ3v) is 5.22. The van der Waals surface area contributed by atoms with Gasteiger partial charge >= 0.3 is 0 Å². The van der Waals surface area contributed by atoms with Gasteiger partial charge in [0.25, 0.3) is 0 Å². The zero-order valence-electron chi connectivity index (χ0n) is 18.2. The molecule has 1 aliphatic rings. The first-order chi connectivity index (χ1) is 15.2. The highest BCUT2D eigenvalue weighted by atomic mass is 16.5. The van der Waals surface area contributed by atoms with E-state index in [4.69, 9.17) is 9.73 Å². The Morgan fingerprint density at radius 2 is 2.00 bits per heavy atom. The van der Waals surface area contributed by atoms with Crippen molar-refractivity contribution in [2.45, 2.75) is 39.8 Å². The topological polar surface area (TPSA) is 76.4 Å². The Kier molecular flexibility index (Phi) is 6.82. The van der Waals surface area contributed by atoms with Gasteiger partial charge in [-0.05, 0) is 61.9 Å². The molecule has 1 aliphatic carbocycles. The molecule has 4 rings (SSSR count). The highest BCUT2D eigenvalue weighted by molar-refractivity contribution is 5.79. The van der Waals surface area contributed by atoms with Gasteiger partial charge in [0.05, 0.1) is 18.8 Å². The largest absolute Gasteiger partial charge is 0.493 e. The first-order valence-corrected chi connectivity index (χ1v) is 10.9. The van der Waals surface area contributed by atoms with Gasteiger partial charge in [-0.15, -0.1) is 0 Å². The Labute approximate surface area is 183 Å². The number of nitrogens with one attached hydrogen (secondary N) is 2. The van der Waals surface area contributed by atoms with Crippen molar-refractivity contribution < 1.29 is 4.74 Å². The van der Waals surface area contributed by atoms with Gasteiger partial charge in [-0.1, -0.05) is 24.3 Å². The molecular weight excluding hydrogens is 388 g/mol. The van der Waals surface area contributed by atoms with Crippen LogP contribution in [0.5, 0.6) is 5.75 Å². The number of hydrogen-bond acceptors (Lipinski definition) is 4. The molecular formula is C24H30N6O. The molecule has 1 fully saturated rings. The van der Waals surface area contributed by atoms with E-state index in [2.05, 4.69) is 64.9 Å². The molecule has 0 bridgehead atoms. The van der Waals surface area contributed by atoms with E-state index in [0.29, 0.717) is 13.1 Å². The summed E-state index contributed by atoms with van der Waals surface area (Å²) in [5, 5.41) is 10.9. The van der Waals surface area contributed by atoms with Crippen LogP contribution in [0.4, 0.5) is 0 Å². The SMILES string of the molecule is CCNC(=NCc1ccc(-n2cncn2)cc1)NCc1ccc(C)cc1OCC1CC1. The first kappa shape index (κ1) is 20.9. The molecule has 0 saturated heterocycles. The van der Waals surface area contributed by atoms with Crippen LogP contribution in [0.3, 0.4) is 0 Å². The summed E-state index contributed by atoms with van der Waals surface area (Å²) < 4.78 is 7.83. The van der Waals surface area contributed by atoms with E-state index in [0.717, 1.165) is 47.6 Å². The van der Waals surface area contributed by atoms with E-state index in [1.807, 2.05) is 12.1 Å². The second-order valence-electron chi connectivity index (χ2n) is 7.92. The van der Waals surface area contributed by atoms with E-state index in [1.165, 1.54) is 24.7 Å². The molecule has 7 nitrogen and oxygen atoms in total. The number of nitrogens with zero attached hydrogens (tertiary/aromatic N) is 4. The van der Waals surface area contributed by atoms with Gasteiger partial charge in [-0.2, -0.15) is 5.10 Å². The van der Waals surface area contributed by atoms with Crippen molar-refractivity contribution in [1.29, 1.82) is 0 Å². The predicted molar refractivity (Wildman–Crippen MR) is 122 cm³/mol. The summed E-state index contributed by atoms with van der Waals surface area (Å²) in [4.78, 5) is 8.73. The molecule has 2 N–H and O–H groups in total. The average Bonchev–Trinajstić information content (AvgIpc) is 3.46. The zero-order valence-corrected chi connectivity index (χ0v) is 18.2. The minimum absolute atomic E-state index is 0.589. The molecule has 0 atom stereocenters. The van der Waals surface area contributed by atoms with Crippen molar-refractivity contribution in [1.82, 2.24) is 25.4 Å². The molecule has 1 aromatic heterocycles. The minimum atomic E-state index is 0.589. The Morgan fingerprint density at radius 3 is 2.71 bits per heavy atom. The number of aliphatic imine (C=N–C) groups is 1. The first-order valence-electron chi connectivity index (χ1n) is 10.9. The molecule has 162 valence electrons. The molecule has 2 aromatic carbocycles. The second kappa shape index (κ2) is 10.1. The van der Waals surface area contributed by atoms with E-state index in [-0.39, 0.29) is 0 Å². The fourth-order valence-electron chi connectivity index (χ4n) is 3.22. The number of guanidine groups is 1. The van der Waals surface area contributed by atoms with Gasteiger partial charge in [-0.3, -0.25) is 0 Å². The summed E-state index contributed by atoms with van der Waals surface area (Å²) in [6.07, 6.45) is 5.80. The van der Waals surface area contributed by atoms with Gasteiger partial charge in [0.15, 0.2) is 5.96 Å². The molecule has 0 aliphatic heterocycles. The lowest BCUT2D eigenvalue weighted by molar-refractivity contribution is 0.296. The summed E-state index contributed by atoms with van der Waals surface area (Å²) in [5.74, 6) is 2.49. The summed E-state index contributed by atoms with van der Waals surface area (Å²) >= 11 is 0. The third kappa shape index (κ3) is 6.07. The molecule has 1 saturated carbocycles. The molecule has 0 unspecified atom stereocenters. The summed E-state index contributed by atoms with van der Waals surface area (Å²) in [6.45, 7) is 7.04. The standard InChI is InChI=1S/C24H30N6O/c1-3-26-24(27-13-19-7-10-22(11-8-19)30-17-25-16-29-30)28-14-21-9-4-18(2)12-23(21)31-15-20-5-6-20/h4,7-12,16-17,20H,3,5-6,13-15H2,1-2H3,(H2,26,27,28). The Hall–Kier alpha value is -3.35. The Balaban J connectivity index is 1.38. The normalized spacial score (nSPS) is 13.8. The van der Waals surface area contributed by atoms with Crippen LogP contribution in [-0.4, -0.2) is 33.9 Å². The zero-order chi connectivity index (χ0) is 21.5. The highest BCUT2D eigenvalue weighted by Crippen LogP contribution is 2.30. The second-order valence-corrected chi connectivity index (χ2v) is 7.92. The molecule has 7 heteroatoms. The number of hydrogen-bond donors (Lipinski definition) is 2. The number of benzene rings is 2. The molecule has 31 heavy (non-hydrogen) atoms. The maximum absolute atomic E-state index is 6.09. The smallest absolute Gasteiger partial charge is 0.191 e. The molecule has 0 amide bonds. The van der Waals surface area contributed by atoms with Crippen LogP contribution in [0.25, 0.3) is 5.69 Å². The lowest BCUT2D eigenvalue weighted by Gasteiger charge is -2.15. The Morgan fingerprint density at radius 1 is 1.16 bits per heavy atom. The summed E-state index contributed by atoms with van der Waals surface area (Å²) in [5.41, 5.74) is 4.47. The van der Waals surface area contributed by atoms with Crippen molar-refractivity contribution in [2.75, 3.05) is 13.2 Å². The van der Waals surface area contributed by atoms with E-state index < -0.39 is 0 Å². The Bertz CT molecular complexity index is 993. The van der Waals surface area contributed by atoms with Crippen molar-refractivity contribution in [2.24, 2.45) is 10.9 Å². The van der Waals surface area contributed by atoms with Crippen LogP contribution >= 0.6 is 0 Å². The quantitative estimate of drug-likeness (QED) is 0.410. The maximum atomic E-state index is 6.09. The van der Waals surface area contributed by atoms with E-state index in [1.54, 1.807) is 11.0 Å². The van der Waals surface area contributed by atoms with Gasteiger partial charge in [0.1, 0.15) is 18.4 Å². The number of aryl methyl sites for hydroxylation is 1. The van der Waals surface area contributed by atoms with Crippen LogP contribution in [0.15, 0.2) is 60.1 Å². The van der Waals surface area contributed by atoms with Crippen molar-refractivity contribution in [3.63, 3.8) is 0 Å². The molecule has 1 heterocycles. The van der Waals surface area contributed by atoms with Crippen molar-refractivity contribution >= 4 is 5.96 Å². The predicted octanol–water partition coefficient (Wildman–Crippen LogP) is 3.62. The van der Waals surface area contributed by atoms with E-state index in [9.17, 15) is 0 Å². The van der Waals surface area contributed by atoms with Crippen LogP contribution in [0.1, 0.15) is 36.5 Å². The fraction of sp³-hybridized carbons (Fsp3) is 0.375. The number of aromatic nitrogens is 3. The molecule has 0 radical (unpaired) electrons. The van der Waals surface area contributed by atoms with Crippen molar-refractivity contribution in [3.8, 4) is 11.4 Å². The van der Waals surface area contributed by atoms with Crippen LogP contribution < -0.4 is 15.4 Å². The monoisotopic (exact) mass is 418 g/mol. The summed E-state index contributed by atoms with van der Waals surface area (Å²) in [6, 6.07) is 14.6. The highest BCUT2D eigenvalue weighted by Gasteiger charge is 2.22. The van der Waals surface area contributed by atoms with E-state index >= 15 is 0 Å². The van der Waals surface area contributed by atoms with Crippen LogP contribution in [0, 0.1) is 12.8 Å². The maximum Gasteiger partial charge on any atom is 0.191 e. The van der Waals surface area contributed by atoms with Crippen LogP contribution in [-0.2, 0) is 13.1 Å². The van der Waals surface area contributed by atoms with Gasteiger partial charge in [0, 0.05) is 18.7 Å². The van der Waals surface area contributed by atoms with Crippen molar-refractivity contribution in [3.05, 3.63) is 71.8 Å². The number of rotatable bonds is 9. The molecule has 0 spiro atoms. The lowest BCUT2D eigenvalue weighted by Crippen LogP contribution is -2.36. The van der Waals surface area contributed by atoms with Gasteiger partial charge in [0.2, 0.25) is 0 Å². The molecule has 3 aromatic rings. The summed E-state index contributed by atoms with van der Waals surface area (Å²) in [7, 11) is 0. The van der Waals surface area contributed by atoms with Gasteiger partial charge < -0.3 is 15.4 Å². The number of ether oxygens (including phenoxy) is 1. The fourth-order valence-corrected chi connectivity index (χ4v) is 3.22. The lowest BCUT2D eigenvalue weighted by atomic mass is 10.1. The van der Waals surface area contributed by atoms with Gasteiger partial charge in [-0.25, -0.2) is 14.7 Å². The third-order valence-electron chi connectivity index (χ3n) is 5.22. The minimum Gasteiger partial charge on any atom is -0.493 e.